The third-order valence-corrected chi connectivity index (χ3v) is 4.38. The summed E-state index contributed by atoms with van der Waals surface area (Å²) in [6.45, 7) is 2.35. The van der Waals surface area contributed by atoms with Crippen molar-refractivity contribution < 1.29 is 4.79 Å². The number of rotatable bonds is 5. The fraction of sp³-hybridized carbons (Fsp3) is 0.375. The van der Waals surface area contributed by atoms with Gasteiger partial charge in [-0.2, -0.15) is 5.10 Å². The molecule has 2 aromatic rings. The molecular weight excluding hydrogens is 300 g/mol. The molecule has 1 fully saturated rings. The summed E-state index contributed by atoms with van der Waals surface area (Å²) in [5, 5.41) is 7.77. The molecule has 1 amide bonds. The molecule has 5 nitrogen and oxygen atoms in total. The van der Waals surface area contributed by atoms with Crippen LogP contribution in [0.3, 0.4) is 0 Å². The number of hydrogen-bond donors (Lipinski definition) is 2. The Labute approximate surface area is 134 Å². The van der Waals surface area contributed by atoms with Crippen LogP contribution in [0.15, 0.2) is 30.5 Å². The van der Waals surface area contributed by atoms with Crippen molar-refractivity contribution in [1.82, 2.24) is 15.1 Å². The lowest BCUT2D eigenvalue weighted by molar-refractivity contribution is 0.0949. The van der Waals surface area contributed by atoms with E-state index < -0.39 is 0 Å². The molecule has 1 unspecified atom stereocenters. The summed E-state index contributed by atoms with van der Waals surface area (Å²) in [6, 6.07) is 7.45. The minimum absolute atomic E-state index is 0.0443. The van der Waals surface area contributed by atoms with Crippen LogP contribution in [0.4, 0.5) is 0 Å². The van der Waals surface area contributed by atoms with Crippen LogP contribution in [-0.2, 0) is 0 Å². The molecule has 1 atom stereocenters. The summed E-state index contributed by atoms with van der Waals surface area (Å²) < 4.78 is 1.68. The predicted octanol–water partition coefficient (Wildman–Crippen LogP) is 2.30. The van der Waals surface area contributed by atoms with E-state index in [0.29, 0.717) is 23.0 Å². The number of carbonyl (C=O) groups excluding carboxylic acids is 1. The zero-order valence-corrected chi connectivity index (χ0v) is 13.2. The number of carbonyl (C=O) groups is 1. The Kier molecular flexibility index (Phi) is 4.18. The Morgan fingerprint density at radius 1 is 1.50 bits per heavy atom. The number of hydrogen-bond acceptors (Lipinski definition) is 3. The van der Waals surface area contributed by atoms with Crippen molar-refractivity contribution in [2.24, 2.45) is 11.7 Å². The van der Waals surface area contributed by atoms with Crippen LogP contribution in [0.1, 0.15) is 28.9 Å². The van der Waals surface area contributed by atoms with Gasteiger partial charge in [0.15, 0.2) is 0 Å². The van der Waals surface area contributed by atoms with Crippen LogP contribution in [-0.4, -0.2) is 28.3 Å². The van der Waals surface area contributed by atoms with Gasteiger partial charge in [0.1, 0.15) is 0 Å². The standard InChI is InChI=1S/C16H19ClN4O/c1-10-12(16(22)19-9-14(18)11-6-7-11)8-20-21(10)15-5-3-2-4-13(15)17/h2-5,8,11,14H,6-7,9,18H2,1H3,(H,19,22). The maximum atomic E-state index is 12.3. The predicted molar refractivity (Wildman–Crippen MR) is 86.3 cm³/mol. The van der Waals surface area contributed by atoms with Gasteiger partial charge in [-0.25, -0.2) is 4.68 Å². The van der Waals surface area contributed by atoms with Crippen LogP contribution in [0.2, 0.25) is 5.02 Å². The van der Waals surface area contributed by atoms with Crippen LogP contribution in [0, 0.1) is 12.8 Å². The molecule has 6 heteroatoms. The monoisotopic (exact) mass is 318 g/mol. The first-order valence-corrected chi connectivity index (χ1v) is 7.79. The fourth-order valence-corrected chi connectivity index (χ4v) is 2.71. The summed E-state index contributed by atoms with van der Waals surface area (Å²) in [5.41, 5.74) is 8.07. The van der Waals surface area contributed by atoms with Crippen LogP contribution < -0.4 is 11.1 Å². The Morgan fingerprint density at radius 3 is 2.91 bits per heavy atom. The third kappa shape index (κ3) is 3.00. The van der Waals surface area contributed by atoms with E-state index in [4.69, 9.17) is 17.3 Å². The van der Waals surface area contributed by atoms with Crippen molar-refractivity contribution in [2.75, 3.05) is 6.54 Å². The second-order valence-electron chi connectivity index (χ2n) is 5.72. The van der Waals surface area contributed by atoms with Gasteiger partial charge in [-0.15, -0.1) is 0 Å². The maximum absolute atomic E-state index is 12.3. The average Bonchev–Trinajstić information content (AvgIpc) is 3.29. The van der Waals surface area contributed by atoms with Gasteiger partial charge in [0.2, 0.25) is 0 Å². The SMILES string of the molecule is Cc1c(C(=O)NCC(N)C2CC2)cnn1-c1ccccc1Cl. The van der Waals surface area contributed by atoms with E-state index in [1.807, 2.05) is 25.1 Å². The number of para-hydroxylation sites is 1. The van der Waals surface area contributed by atoms with Gasteiger partial charge in [0, 0.05) is 12.6 Å². The molecule has 116 valence electrons. The molecule has 22 heavy (non-hydrogen) atoms. The third-order valence-electron chi connectivity index (χ3n) is 4.06. The molecule has 0 radical (unpaired) electrons. The molecule has 0 saturated heterocycles. The van der Waals surface area contributed by atoms with E-state index in [9.17, 15) is 4.79 Å². The minimum atomic E-state index is -0.146. The topological polar surface area (TPSA) is 72.9 Å². The smallest absolute Gasteiger partial charge is 0.254 e. The lowest BCUT2D eigenvalue weighted by atomic mass is 10.2. The van der Waals surface area contributed by atoms with Gasteiger partial charge in [-0.3, -0.25) is 4.79 Å². The molecule has 3 rings (SSSR count). The van der Waals surface area contributed by atoms with E-state index in [1.165, 1.54) is 12.8 Å². The first-order chi connectivity index (χ1) is 10.6. The van der Waals surface area contributed by atoms with E-state index in [2.05, 4.69) is 10.4 Å². The second kappa shape index (κ2) is 6.10. The highest BCUT2D eigenvalue weighted by atomic mass is 35.5. The van der Waals surface area contributed by atoms with Crippen molar-refractivity contribution in [1.29, 1.82) is 0 Å². The van der Waals surface area contributed by atoms with Crippen molar-refractivity contribution in [2.45, 2.75) is 25.8 Å². The Hall–Kier alpha value is -1.85. The number of benzene rings is 1. The summed E-state index contributed by atoms with van der Waals surface area (Å²) >= 11 is 6.19. The summed E-state index contributed by atoms with van der Waals surface area (Å²) in [7, 11) is 0. The van der Waals surface area contributed by atoms with Gasteiger partial charge in [-0.05, 0) is 37.8 Å². The number of aromatic nitrogens is 2. The van der Waals surface area contributed by atoms with Crippen LogP contribution in [0.5, 0.6) is 0 Å². The Balaban J connectivity index is 1.75. The van der Waals surface area contributed by atoms with Crippen molar-refractivity contribution in [3.05, 3.63) is 46.7 Å². The van der Waals surface area contributed by atoms with Crippen molar-refractivity contribution >= 4 is 17.5 Å². The van der Waals surface area contributed by atoms with E-state index in [1.54, 1.807) is 16.9 Å². The fourth-order valence-electron chi connectivity index (χ4n) is 2.50. The minimum Gasteiger partial charge on any atom is -0.350 e. The molecule has 0 bridgehead atoms. The number of nitrogens with zero attached hydrogens (tertiary/aromatic N) is 2. The van der Waals surface area contributed by atoms with Gasteiger partial charge in [0.25, 0.3) is 5.91 Å². The lowest BCUT2D eigenvalue weighted by Gasteiger charge is -2.11. The van der Waals surface area contributed by atoms with Crippen molar-refractivity contribution in [3.8, 4) is 5.69 Å². The lowest BCUT2D eigenvalue weighted by Crippen LogP contribution is -2.38. The first kappa shape index (κ1) is 15.1. The van der Waals surface area contributed by atoms with Gasteiger partial charge < -0.3 is 11.1 Å². The summed E-state index contributed by atoms with van der Waals surface area (Å²) in [5.74, 6) is 0.416. The number of nitrogens with two attached hydrogens (primary N) is 1. The second-order valence-corrected chi connectivity index (χ2v) is 6.13. The number of amides is 1. The maximum Gasteiger partial charge on any atom is 0.254 e. The average molecular weight is 319 g/mol. The zero-order valence-electron chi connectivity index (χ0n) is 12.4. The highest BCUT2D eigenvalue weighted by Crippen LogP contribution is 2.31. The Bertz CT molecular complexity index is 693. The highest BCUT2D eigenvalue weighted by molar-refractivity contribution is 6.32. The molecule has 1 aliphatic carbocycles. The van der Waals surface area contributed by atoms with Gasteiger partial charge >= 0.3 is 0 Å². The quantitative estimate of drug-likeness (QED) is 0.888. The van der Waals surface area contributed by atoms with E-state index >= 15 is 0 Å². The summed E-state index contributed by atoms with van der Waals surface area (Å²) in [4.78, 5) is 12.3. The molecule has 1 saturated carbocycles. The van der Waals surface area contributed by atoms with Gasteiger partial charge in [0.05, 0.1) is 28.2 Å². The molecular formula is C16H19ClN4O. The van der Waals surface area contributed by atoms with Crippen molar-refractivity contribution in [3.63, 3.8) is 0 Å². The van der Waals surface area contributed by atoms with Gasteiger partial charge in [-0.1, -0.05) is 23.7 Å². The molecule has 1 aromatic heterocycles. The largest absolute Gasteiger partial charge is 0.350 e. The van der Waals surface area contributed by atoms with Crippen LogP contribution >= 0.6 is 11.6 Å². The zero-order chi connectivity index (χ0) is 15.7. The molecule has 0 spiro atoms. The summed E-state index contributed by atoms with van der Waals surface area (Å²) in [6.07, 6.45) is 3.90. The molecule has 1 aliphatic rings. The molecule has 0 aliphatic heterocycles. The molecule has 1 heterocycles. The molecule has 3 N–H and O–H groups in total. The molecule has 1 aromatic carbocycles. The Morgan fingerprint density at radius 2 is 2.23 bits per heavy atom. The highest BCUT2D eigenvalue weighted by Gasteiger charge is 2.28. The van der Waals surface area contributed by atoms with Crippen LogP contribution in [0.25, 0.3) is 5.69 Å². The first-order valence-electron chi connectivity index (χ1n) is 7.41. The number of nitrogens with one attached hydrogen (secondary N) is 1. The normalized spacial score (nSPS) is 15.6. The number of halogens is 1. The van der Waals surface area contributed by atoms with E-state index in [-0.39, 0.29) is 11.9 Å². The van der Waals surface area contributed by atoms with E-state index in [0.717, 1.165) is 11.4 Å².